The lowest BCUT2D eigenvalue weighted by Gasteiger charge is -2.38. The van der Waals surface area contributed by atoms with Gasteiger partial charge in [0.1, 0.15) is 0 Å². The zero-order chi connectivity index (χ0) is 11.0. The second-order valence-electron chi connectivity index (χ2n) is 4.95. The van der Waals surface area contributed by atoms with Gasteiger partial charge in [-0.3, -0.25) is 4.79 Å². The molecule has 2 unspecified atom stereocenters. The van der Waals surface area contributed by atoms with E-state index in [1.165, 1.54) is 18.4 Å². The molecule has 15 heavy (non-hydrogen) atoms. The SMILES string of the molecule is C=C1CC2CCC1CN(C(=C)C)C(=O)C2. The van der Waals surface area contributed by atoms with Gasteiger partial charge in [0.25, 0.3) is 0 Å². The van der Waals surface area contributed by atoms with E-state index >= 15 is 0 Å². The number of nitrogens with zero attached hydrogens (tertiary/aromatic N) is 1. The van der Waals surface area contributed by atoms with Crippen LogP contribution in [0, 0.1) is 11.8 Å². The summed E-state index contributed by atoms with van der Waals surface area (Å²) < 4.78 is 0. The van der Waals surface area contributed by atoms with Crippen LogP contribution in [0.2, 0.25) is 0 Å². The van der Waals surface area contributed by atoms with Gasteiger partial charge in [0.15, 0.2) is 0 Å². The molecule has 2 heteroatoms. The first-order valence-corrected chi connectivity index (χ1v) is 5.71. The minimum atomic E-state index is 0.254. The number of allylic oxidation sites excluding steroid dienone is 1. The predicted octanol–water partition coefficient (Wildman–Crippen LogP) is 2.72. The molecule has 0 spiro atoms. The summed E-state index contributed by atoms with van der Waals surface area (Å²) in [7, 11) is 0. The molecule has 0 aromatic rings. The molecule has 0 aromatic heterocycles. The summed E-state index contributed by atoms with van der Waals surface area (Å²) in [4.78, 5) is 13.8. The lowest BCUT2D eigenvalue weighted by Crippen LogP contribution is -2.40. The molecule has 1 amide bonds. The standard InChI is InChI=1S/C13H19NO/c1-9(2)14-8-12-5-4-11(6-10(12)3)7-13(14)15/h11-12H,1,3-8H2,2H3. The van der Waals surface area contributed by atoms with Gasteiger partial charge in [0, 0.05) is 18.7 Å². The maximum absolute atomic E-state index is 11.9. The van der Waals surface area contributed by atoms with Crippen molar-refractivity contribution in [1.29, 1.82) is 0 Å². The first kappa shape index (κ1) is 10.5. The summed E-state index contributed by atoms with van der Waals surface area (Å²) in [6.45, 7) is 10.8. The zero-order valence-electron chi connectivity index (χ0n) is 9.46. The third kappa shape index (κ3) is 1.99. The van der Waals surface area contributed by atoms with Crippen molar-refractivity contribution in [3.8, 4) is 0 Å². The van der Waals surface area contributed by atoms with Gasteiger partial charge in [-0.2, -0.15) is 0 Å². The fraction of sp³-hybridized carbons (Fsp3) is 0.615. The maximum Gasteiger partial charge on any atom is 0.227 e. The molecular formula is C13H19NO. The summed E-state index contributed by atoms with van der Waals surface area (Å²) in [5.41, 5.74) is 2.21. The van der Waals surface area contributed by atoms with E-state index in [2.05, 4.69) is 13.2 Å². The van der Waals surface area contributed by atoms with E-state index in [-0.39, 0.29) is 5.91 Å². The summed E-state index contributed by atoms with van der Waals surface area (Å²) in [6.07, 6.45) is 4.12. The molecule has 2 saturated heterocycles. The number of hydrogen-bond acceptors (Lipinski definition) is 1. The molecule has 3 aliphatic rings. The van der Waals surface area contributed by atoms with Crippen LogP contribution in [0.5, 0.6) is 0 Å². The molecule has 2 nitrogen and oxygen atoms in total. The van der Waals surface area contributed by atoms with Gasteiger partial charge in [-0.05, 0) is 38.0 Å². The lowest BCUT2D eigenvalue weighted by atomic mass is 9.75. The van der Waals surface area contributed by atoms with E-state index in [0.29, 0.717) is 18.3 Å². The lowest BCUT2D eigenvalue weighted by molar-refractivity contribution is -0.132. The van der Waals surface area contributed by atoms with Gasteiger partial charge in [-0.25, -0.2) is 0 Å². The quantitative estimate of drug-likeness (QED) is 0.603. The van der Waals surface area contributed by atoms with Crippen LogP contribution in [-0.4, -0.2) is 17.4 Å². The van der Waals surface area contributed by atoms with Crippen molar-refractivity contribution in [2.75, 3.05) is 6.54 Å². The highest BCUT2D eigenvalue weighted by Crippen LogP contribution is 2.37. The minimum absolute atomic E-state index is 0.254. The first-order chi connectivity index (χ1) is 7.08. The molecule has 1 aliphatic carbocycles. The van der Waals surface area contributed by atoms with Gasteiger partial charge >= 0.3 is 0 Å². The molecule has 0 aromatic carbocycles. The van der Waals surface area contributed by atoms with E-state index in [1.807, 2.05) is 11.8 Å². The zero-order valence-corrected chi connectivity index (χ0v) is 9.46. The van der Waals surface area contributed by atoms with Crippen molar-refractivity contribution in [3.63, 3.8) is 0 Å². The van der Waals surface area contributed by atoms with E-state index in [4.69, 9.17) is 0 Å². The van der Waals surface area contributed by atoms with Crippen molar-refractivity contribution >= 4 is 5.91 Å². The van der Waals surface area contributed by atoms with Crippen LogP contribution in [0.15, 0.2) is 24.4 Å². The van der Waals surface area contributed by atoms with Crippen LogP contribution in [0.4, 0.5) is 0 Å². The molecular weight excluding hydrogens is 186 g/mol. The Balaban J connectivity index is 2.21. The summed E-state index contributed by atoms with van der Waals surface area (Å²) in [6, 6.07) is 0. The Morgan fingerprint density at radius 1 is 1.40 bits per heavy atom. The fourth-order valence-electron chi connectivity index (χ4n) is 2.72. The predicted molar refractivity (Wildman–Crippen MR) is 61.1 cm³/mol. The van der Waals surface area contributed by atoms with Crippen LogP contribution in [0.3, 0.4) is 0 Å². The average Bonchev–Trinajstić information content (AvgIpc) is 2.12. The number of amides is 1. The molecule has 2 bridgehead atoms. The summed E-state index contributed by atoms with van der Waals surface area (Å²) >= 11 is 0. The molecule has 0 radical (unpaired) electrons. The smallest absolute Gasteiger partial charge is 0.227 e. The van der Waals surface area contributed by atoms with Gasteiger partial charge in [-0.15, -0.1) is 0 Å². The number of carbonyl (C=O) groups is 1. The van der Waals surface area contributed by atoms with Gasteiger partial charge in [0.2, 0.25) is 5.91 Å². The highest BCUT2D eigenvalue weighted by atomic mass is 16.2. The summed E-state index contributed by atoms with van der Waals surface area (Å²) in [5.74, 6) is 1.29. The first-order valence-electron chi connectivity index (χ1n) is 5.71. The molecule has 1 saturated carbocycles. The van der Waals surface area contributed by atoms with E-state index < -0.39 is 0 Å². The molecule has 2 aliphatic heterocycles. The second kappa shape index (κ2) is 3.84. The Morgan fingerprint density at radius 3 is 2.73 bits per heavy atom. The van der Waals surface area contributed by atoms with Crippen LogP contribution >= 0.6 is 0 Å². The van der Waals surface area contributed by atoms with Gasteiger partial charge in [-0.1, -0.05) is 18.7 Å². The van der Waals surface area contributed by atoms with Crippen LogP contribution in [0.25, 0.3) is 0 Å². The van der Waals surface area contributed by atoms with Gasteiger partial charge in [0.05, 0.1) is 0 Å². The Bertz CT molecular complexity index is 318. The second-order valence-corrected chi connectivity index (χ2v) is 4.95. The van der Waals surface area contributed by atoms with Crippen molar-refractivity contribution in [3.05, 3.63) is 24.4 Å². The molecule has 2 heterocycles. The Hall–Kier alpha value is -1.05. The number of carbonyl (C=O) groups excluding carboxylic acids is 1. The molecule has 3 rings (SSSR count). The van der Waals surface area contributed by atoms with E-state index in [9.17, 15) is 4.79 Å². The third-order valence-electron chi connectivity index (χ3n) is 3.68. The third-order valence-corrected chi connectivity index (χ3v) is 3.68. The Kier molecular flexibility index (Phi) is 2.68. The topological polar surface area (TPSA) is 20.3 Å². The number of fused-ring (bicyclic) bond motifs is 5. The minimum Gasteiger partial charge on any atom is -0.316 e. The van der Waals surface area contributed by atoms with E-state index in [1.54, 1.807) is 0 Å². The molecule has 2 atom stereocenters. The Morgan fingerprint density at radius 2 is 2.13 bits per heavy atom. The highest BCUT2D eigenvalue weighted by molar-refractivity contribution is 5.78. The largest absolute Gasteiger partial charge is 0.316 e. The number of rotatable bonds is 1. The van der Waals surface area contributed by atoms with E-state index in [0.717, 1.165) is 18.7 Å². The summed E-state index contributed by atoms with van der Waals surface area (Å²) in [5, 5.41) is 0. The normalized spacial score (nSPS) is 31.4. The molecule has 82 valence electrons. The highest BCUT2D eigenvalue weighted by Gasteiger charge is 2.32. The van der Waals surface area contributed by atoms with Crippen molar-refractivity contribution in [2.45, 2.75) is 32.6 Å². The van der Waals surface area contributed by atoms with Gasteiger partial charge < -0.3 is 4.90 Å². The van der Waals surface area contributed by atoms with Crippen LogP contribution in [-0.2, 0) is 4.79 Å². The molecule has 3 fully saturated rings. The molecule has 0 N–H and O–H groups in total. The fourth-order valence-corrected chi connectivity index (χ4v) is 2.72. The number of hydrogen-bond donors (Lipinski definition) is 0. The van der Waals surface area contributed by atoms with Crippen LogP contribution < -0.4 is 0 Å². The van der Waals surface area contributed by atoms with Crippen molar-refractivity contribution in [1.82, 2.24) is 4.90 Å². The Labute approximate surface area is 91.6 Å². The monoisotopic (exact) mass is 205 g/mol. The average molecular weight is 205 g/mol. The van der Waals surface area contributed by atoms with Crippen molar-refractivity contribution < 1.29 is 4.79 Å². The maximum atomic E-state index is 11.9. The van der Waals surface area contributed by atoms with Crippen LogP contribution in [0.1, 0.15) is 32.6 Å². The van der Waals surface area contributed by atoms with Crippen molar-refractivity contribution in [2.24, 2.45) is 11.8 Å².